The van der Waals surface area contributed by atoms with E-state index in [0.29, 0.717) is 0 Å². The second-order valence-corrected chi connectivity index (χ2v) is 4.85. The van der Waals surface area contributed by atoms with E-state index in [-0.39, 0.29) is 0 Å². The van der Waals surface area contributed by atoms with Gasteiger partial charge in [0.2, 0.25) is 0 Å². The molecule has 82 valence electrons. The van der Waals surface area contributed by atoms with E-state index in [9.17, 15) is 0 Å². The lowest BCUT2D eigenvalue weighted by atomic mass is 10.3. The maximum absolute atomic E-state index is 5.41. The Labute approximate surface area is 98.2 Å². The van der Waals surface area contributed by atoms with E-state index in [4.69, 9.17) is 4.74 Å². The van der Waals surface area contributed by atoms with Gasteiger partial charge in [-0.05, 0) is 29.7 Å². The first-order valence-corrected chi connectivity index (χ1v) is 6.43. The number of hydrogen-bond donors (Lipinski definition) is 0. The molecule has 0 heterocycles. The Balaban J connectivity index is 2.05. The van der Waals surface area contributed by atoms with Gasteiger partial charge in [-0.3, -0.25) is 0 Å². The number of hydrogen-bond acceptors (Lipinski definition) is 1. The van der Waals surface area contributed by atoms with Crippen LogP contribution in [-0.2, 0) is 0 Å². The van der Waals surface area contributed by atoms with E-state index < -0.39 is 0 Å². The van der Waals surface area contributed by atoms with E-state index >= 15 is 0 Å². The van der Waals surface area contributed by atoms with Crippen LogP contribution in [0.1, 0.15) is 6.92 Å². The third-order valence-corrected chi connectivity index (χ3v) is 3.47. The minimum atomic E-state index is 0.720. The fourth-order valence-corrected chi connectivity index (χ4v) is 2.52. The maximum Gasteiger partial charge on any atom is 0.119 e. The molecule has 0 aliphatic carbocycles. The van der Waals surface area contributed by atoms with Gasteiger partial charge in [-0.15, -0.1) is 0 Å². The van der Waals surface area contributed by atoms with Gasteiger partial charge >= 0.3 is 0 Å². The van der Waals surface area contributed by atoms with E-state index in [2.05, 4.69) is 36.4 Å². The van der Waals surface area contributed by atoms with Crippen LogP contribution in [0.4, 0.5) is 0 Å². The van der Waals surface area contributed by atoms with Gasteiger partial charge in [-0.1, -0.05) is 51.0 Å². The zero-order chi connectivity index (χ0) is 11.2. The van der Waals surface area contributed by atoms with Crippen LogP contribution in [0.3, 0.4) is 0 Å². The molecule has 0 saturated heterocycles. The summed E-state index contributed by atoms with van der Waals surface area (Å²) < 4.78 is 5.41. The van der Waals surface area contributed by atoms with Crippen LogP contribution in [0.15, 0.2) is 54.6 Å². The minimum Gasteiger partial charge on any atom is -0.494 e. The van der Waals surface area contributed by atoms with Gasteiger partial charge in [0.1, 0.15) is 5.75 Å². The second-order valence-electron chi connectivity index (χ2n) is 3.45. The van der Waals surface area contributed by atoms with Crippen LogP contribution in [0.5, 0.6) is 5.75 Å². The topological polar surface area (TPSA) is 9.23 Å². The SMILES string of the molecule is CCOc1ccc(Pc2ccccc2)cc1. The molecule has 2 heteroatoms. The van der Waals surface area contributed by atoms with Gasteiger partial charge in [0.15, 0.2) is 0 Å². The normalized spacial score (nSPS) is 10.8. The summed E-state index contributed by atoms with van der Waals surface area (Å²) in [6.45, 7) is 2.72. The molecule has 16 heavy (non-hydrogen) atoms. The van der Waals surface area contributed by atoms with Crippen molar-refractivity contribution in [1.29, 1.82) is 0 Å². The van der Waals surface area contributed by atoms with Gasteiger partial charge in [0.25, 0.3) is 0 Å². The largest absolute Gasteiger partial charge is 0.494 e. The lowest BCUT2D eigenvalue weighted by Crippen LogP contribution is -2.02. The van der Waals surface area contributed by atoms with Gasteiger partial charge in [-0.2, -0.15) is 0 Å². The number of rotatable bonds is 4. The predicted octanol–water partition coefficient (Wildman–Crippen LogP) is 2.71. The molecule has 0 aliphatic rings. The van der Waals surface area contributed by atoms with E-state index in [1.165, 1.54) is 10.6 Å². The second kappa shape index (κ2) is 5.67. The predicted molar refractivity (Wildman–Crippen MR) is 71.6 cm³/mol. The highest BCUT2D eigenvalue weighted by atomic mass is 31.1. The van der Waals surface area contributed by atoms with Crippen LogP contribution >= 0.6 is 8.58 Å². The Bertz CT molecular complexity index is 422. The zero-order valence-corrected chi connectivity index (χ0v) is 10.3. The molecule has 2 aromatic carbocycles. The molecule has 0 fully saturated rings. The molecule has 0 saturated carbocycles. The van der Waals surface area contributed by atoms with Crippen molar-refractivity contribution in [3.63, 3.8) is 0 Å². The molecule has 2 aromatic rings. The Morgan fingerprint density at radius 3 is 2.12 bits per heavy atom. The lowest BCUT2D eigenvalue weighted by molar-refractivity contribution is 0.340. The van der Waals surface area contributed by atoms with Gasteiger partial charge in [0.05, 0.1) is 6.61 Å². The summed E-state index contributed by atoms with van der Waals surface area (Å²) in [5.41, 5.74) is 0. The van der Waals surface area contributed by atoms with Crippen molar-refractivity contribution in [3.8, 4) is 5.75 Å². The molecule has 1 nitrogen and oxygen atoms in total. The van der Waals surface area contributed by atoms with Crippen LogP contribution in [-0.4, -0.2) is 6.61 Å². The third-order valence-electron chi connectivity index (χ3n) is 2.23. The molecule has 0 aliphatic heterocycles. The van der Waals surface area contributed by atoms with E-state index in [1.54, 1.807) is 0 Å². The highest BCUT2D eigenvalue weighted by Crippen LogP contribution is 2.14. The molecule has 1 unspecified atom stereocenters. The Hall–Kier alpha value is -1.33. The summed E-state index contributed by atoms with van der Waals surface area (Å²) in [5.74, 6) is 0.948. The standard InChI is InChI=1S/C14H15OP/c1-2-15-12-8-10-14(11-9-12)16-13-6-4-3-5-7-13/h3-11,16H,2H2,1H3. The molecule has 0 aromatic heterocycles. The van der Waals surface area contributed by atoms with Crippen LogP contribution in [0.25, 0.3) is 0 Å². The molecular weight excluding hydrogens is 215 g/mol. The molecule has 0 radical (unpaired) electrons. The molecular formula is C14H15OP. The first kappa shape index (κ1) is 11.2. The van der Waals surface area contributed by atoms with Crippen LogP contribution in [0.2, 0.25) is 0 Å². The average molecular weight is 230 g/mol. The molecule has 0 N–H and O–H groups in total. The average Bonchev–Trinajstić information content (AvgIpc) is 2.33. The Morgan fingerprint density at radius 2 is 1.50 bits per heavy atom. The Kier molecular flexibility index (Phi) is 3.96. The first-order chi connectivity index (χ1) is 7.88. The summed E-state index contributed by atoms with van der Waals surface area (Å²) in [6.07, 6.45) is 0. The van der Waals surface area contributed by atoms with Crippen molar-refractivity contribution < 1.29 is 4.74 Å². The smallest absolute Gasteiger partial charge is 0.119 e. The van der Waals surface area contributed by atoms with Gasteiger partial charge < -0.3 is 4.74 Å². The zero-order valence-electron chi connectivity index (χ0n) is 9.31. The van der Waals surface area contributed by atoms with E-state index in [1.807, 2.05) is 25.1 Å². The van der Waals surface area contributed by atoms with Gasteiger partial charge in [-0.25, -0.2) is 0 Å². The molecule has 1 atom stereocenters. The van der Waals surface area contributed by atoms with Crippen molar-refractivity contribution in [2.24, 2.45) is 0 Å². The fraction of sp³-hybridized carbons (Fsp3) is 0.143. The summed E-state index contributed by atoms with van der Waals surface area (Å²) in [6, 6.07) is 18.9. The van der Waals surface area contributed by atoms with Crippen molar-refractivity contribution in [2.75, 3.05) is 6.61 Å². The monoisotopic (exact) mass is 230 g/mol. The van der Waals surface area contributed by atoms with Crippen LogP contribution in [0, 0.1) is 0 Å². The summed E-state index contributed by atoms with van der Waals surface area (Å²) >= 11 is 0. The van der Waals surface area contributed by atoms with Gasteiger partial charge in [0, 0.05) is 0 Å². The maximum atomic E-state index is 5.41. The third kappa shape index (κ3) is 3.08. The molecule has 0 bridgehead atoms. The first-order valence-electron chi connectivity index (χ1n) is 5.43. The minimum absolute atomic E-state index is 0.720. The summed E-state index contributed by atoms with van der Waals surface area (Å²) in [4.78, 5) is 0. The van der Waals surface area contributed by atoms with Crippen molar-refractivity contribution >= 4 is 19.2 Å². The molecule has 0 spiro atoms. The molecule has 0 amide bonds. The quantitative estimate of drug-likeness (QED) is 0.734. The lowest BCUT2D eigenvalue weighted by Gasteiger charge is -2.05. The van der Waals surface area contributed by atoms with Crippen molar-refractivity contribution in [2.45, 2.75) is 6.92 Å². The van der Waals surface area contributed by atoms with Crippen LogP contribution < -0.4 is 15.3 Å². The highest BCUT2D eigenvalue weighted by Gasteiger charge is 1.96. The van der Waals surface area contributed by atoms with E-state index in [0.717, 1.165) is 20.9 Å². The van der Waals surface area contributed by atoms with Crippen molar-refractivity contribution in [3.05, 3.63) is 54.6 Å². The summed E-state index contributed by atoms with van der Waals surface area (Å²) in [5, 5.41) is 2.71. The summed E-state index contributed by atoms with van der Waals surface area (Å²) in [7, 11) is 0.720. The Morgan fingerprint density at radius 1 is 0.875 bits per heavy atom. The fourth-order valence-electron chi connectivity index (χ4n) is 1.49. The van der Waals surface area contributed by atoms with Crippen molar-refractivity contribution in [1.82, 2.24) is 0 Å². The highest BCUT2D eigenvalue weighted by molar-refractivity contribution is 7.55. The number of benzene rings is 2. The number of ether oxygens (including phenoxy) is 1. The molecule has 2 rings (SSSR count).